The molecule has 1 aromatic carbocycles. The van der Waals surface area contributed by atoms with E-state index >= 15 is 0 Å². The molecule has 0 saturated carbocycles. The second-order valence-electron chi connectivity index (χ2n) is 6.60. The Morgan fingerprint density at radius 1 is 1.27 bits per heavy atom. The SMILES string of the molecule is COc1ccc(S(=O)(=O)CCC(=O)N2CCCC[C@H]2[C@@H](C)N)cc1OC. The normalized spacial score (nSPS) is 19.1. The maximum Gasteiger partial charge on any atom is 0.223 e. The number of carbonyl (C=O) groups is 1. The van der Waals surface area contributed by atoms with Crippen molar-refractivity contribution in [3.8, 4) is 11.5 Å². The zero-order valence-corrected chi connectivity index (χ0v) is 16.4. The van der Waals surface area contributed by atoms with Crippen LogP contribution in [0.1, 0.15) is 32.6 Å². The van der Waals surface area contributed by atoms with Crippen LogP contribution in [-0.4, -0.2) is 57.8 Å². The van der Waals surface area contributed by atoms with E-state index in [1.54, 1.807) is 11.0 Å². The molecule has 2 N–H and O–H groups in total. The van der Waals surface area contributed by atoms with Crippen molar-refractivity contribution in [3.63, 3.8) is 0 Å². The van der Waals surface area contributed by atoms with Crippen LogP contribution in [0.2, 0.25) is 0 Å². The number of amides is 1. The van der Waals surface area contributed by atoms with Crippen LogP contribution in [0, 0.1) is 0 Å². The van der Waals surface area contributed by atoms with Gasteiger partial charge in [0.25, 0.3) is 0 Å². The number of sulfone groups is 1. The number of piperidine rings is 1. The van der Waals surface area contributed by atoms with E-state index < -0.39 is 9.84 Å². The molecule has 0 aliphatic carbocycles. The van der Waals surface area contributed by atoms with E-state index in [1.165, 1.54) is 26.4 Å². The first kappa shape index (κ1) is 20.5. The van der Waals surface area contributed by atoms with Crippen LogP contribution in [0.3, 0.4) is 0 Å². The molecule has 0 aromatic heterocycles. The van der Waals surface area contributed by atoms with Crippen molar-refractivity contribution in [2.24, 2.45) is 5.73 Å². The third-order valence-electron chi connectivity index (χ3n) is 4.78. The summed E-state index contributed by atoms with van der Waals surface area (Å²) in [4.78, 5) is 14.4. The molecule has 1 saturated heterocycles. The Kier molecular flexibility index (Phi) is 6.88. The van der Waals surface area contributed by atoms with Crippen LogP contribution in [0.15, 0.2) is 23.1 Å². The van der Waals surface area contributed by atoms with E-state index in [0.717, 1.165) is 19.3 Å². The fourth-order valence-corrected chi connectivity index (χ4v) is 4.55. The largest absolute Gasteiger partial charge is 0.493 e. The van der Waals surface area contributed by atoms with Crippen molar-refractivity contribution in [1.29, 1.82) is 0 Å². The first-order valence-corrected chi connectivity index (χ1v) is 10.4. The van der Waals surface area contributed by atoms with Crippen LogP contribution in [0.4, 0.5) is 0 Å². The fraction of sp³-hybridized carbons (Fsp3) is 0.611. The van der Waals surface area contributed by atoms with E-state index in [9.17, 15) is 13.2 Å². The quantitative estimate of drug-likeness (QED) is 0.767. The summed E-state index contributed by atoms with van der Waals surface area (Å²) in [6, 6.07) is 4.29. The number of rotatable bonds is 7. The predicted octanol–water partition coefficient (Wildman–Crippen LogP) is 1.60. The third-order valence-corrected chi connectivity index (χ3v) is 6.49. The van der Waals surface area contributed by atoms with Crippen molar-refractivity contribution < 1.29 is 22.7 Å². The molecule has 0 spiro atoms. The number of nitrogens with zero attached hydrogens (tertiary/aromatic N) is 1. The minimum absolute atomic E-state index is 0.0139. The van der Waals surface area contributed by atoms with E-state index in [-0.39, 0.29) is 35.1 Å². The lowest BCUT2D eigenvalue weighted by atomic mass is 9.96. The number of hydrogen-bond donors (Lipinski definition) is 1. The Morgan fingerprint density at radius 3 is 2.58 bits per heavy atom. The third kappa shape index (κ3) is 4.67. The molecule has 8 heteroatoms. The van der Waals surface area contributed by atoms with E-state index in [1.807, 2.05) is 6.92 Å². The second-order valence-corrected chi connectivity index (χ2v) is 8.70. The molecule has 1 heterocycles. The highest BCUT2D eigenvalue weighted by atomic mass is 32.2. The summed E-state index contributed by atoms with van der Waals surface area (Å²) in [5.74, 6) is 0.392. The van der Waals surface area contributed by atoms with E-state index in [4.69, 9.17) is 15.2 Å². The van der Waals surface area contributed by atoms with Gasteiger partial charge in [-0.15, -0.1) is 0 Å². The molecule has 0 unspecified atom stereocenters. The van der Waals surface area contributed by atoms with Gasteiger partial charge >= 0.3 is 0 Å². The van der Waals surface area contributed by atoms with Crippen LogP contribution >= 0.6 is 0 Å². The molecule has 146 valence electrons. The molecule has 1 aromatic rings. The van der Waals surface area contributed by atoms with Gasteiger partial charge in [-0.05, 0) is 38.3 Å². The lowest BCUT2D eigenvalue weighted by Gasteiger charge is -2.38. The molecular formula is C18H28N2O5S. The maximum absolute atomic E-state index is 12.6. The standard InChI is InChI=1S/C18H28N2O5S/c1-13(19)15-6-4-5-10-20(15)18(21)9-11-26(22,23)14-7-8-16(24-2)17(12-14)25-3/h7-8,12-13,15H,4-6,9-11,19H2,1-3H3/t13-,15+/m1/s1. The Balaban J connectivity index is 2.08. The summed E-state index contributed by atoms with van der Waals surface area (Å²) in [6.45, 7) is 2.53. The molecule has 1 aliphatic heterocycles. The molecule has 1 amide bonds. The van der Waals surface area contributed by atoms with Crippen LogP contribution < -0.4 is 15.2 Å². The molecule has 0 radical (unpaired) electrons. The molecular weight excluding hydrogens is 356 g/mol. The number of hydrogen-bond acceptors (Lipinski definition) is 6. The summed E-state index contributed by atoms with van der Waals surface area (Å²) in [5, 5.41) is 0. The molecule has 0 bridgehead atoms. The summed E-state index contributed by atoms with van der Waals surface area (Å²) in [7, 11) is -0.673. The lowest BCUT2D eigenvalue weighted by molar-refractivity contribution is -0.134. The minimum atomic E-state index is -3.60. The number of carbonyl (C=O) groups excluding carboxylic acids is 1. The van der Waals surface area contributed by atoms with Crippen molar-refractivity contribution in [1.82, 2.24) is 4.90 Å². The van der Waals surface area contributed by atoms with E-state index in [2.05, 4.69) is 0 Å². The fourth-order valence-electron chi connectivity index (χ4n) is 3.31. The van der Waals surface area contributed by atoms with Gasteiger partial charge in [0.2, 0.25) is 5.91 Å². The Bertz CT molecular complexity index is 733. The van der Waals surface area contributed by atoms with E-state index in [0.29, 0.717) is 18.0 Å². The Hall–Kier alpha value is -1.80. The monoisotopic (exact) mass is 384 g/mol. The topological polar surface area (TPSA) is 98.9 Å². The number of ether oxygens (including phenoxy) is 2. The zero-order chi connectivity index (χ0) is 19.3. The van der Waals surface area contributed by atoms with Crippen LogP contribution in [0.5, 0.6) is 11.5 Å². The van der Waals surface area contributed by atoms with Crippen LogP contribution in [-0.2, 0) is 14.6 Å². The van der Waals surface area contributed by atoms with Crippen molar-refractivity contribution in [2.45, 2.75) is 49.6 Å². The highest BCUT2D eigenvalue weighted by Gasteiger charge is 2.30. The summed E-state index contributed by atoms with van der Waals surface area (Å²) < 4.78 is 35.5. The average molecular weight is 384 g/mol. The molecule has 2 rings (SSSR count). The first-order chi connectivity index (χ1) is 12.3. The Labute approximate surface area is 155 Å². The lowest BCUT2D eigenvalue weighted by Crippen LogP contribution is -2.51. The smallest absolute Gasteiger partial charge is 0.223 e. The van der Waals surface area contributed by atoms with Crippen molar-refractivity contribution >= 4 is 15.7 Å². The van der Waals surface area contributed by atoms with Gasteiger partial charge in [-0.25, -0.2) is 8.42 Å². The highest BCUT2D eigenvalue weighted by molar-refractivity contribution is 7.91. The van der Waals surface area contributed by atoms with Gasteiger partial charge in [0.05, 0.1) is 24.9 Å². The van der Waals surface area contributed by atoms with Gasteiger partial charge in [0.1, 0.15) is 0 Å². The second kappa shape index (κ2) is 8.73. The van der Waals surface area contributed by atoms with Crippen molar-refractivity contribution in [3.05, 3.63) is 18.2 Å². The molecule has 1 aliphatic rings. The minimum Gasteiger partial charge on any atom is -0.493 e. The predicted molar refractivity (Wildman–Crippen MR) is 99.2 cm³/mol. The van der Waals surface area contributed by atoms with Gasteiger partial charge in [0, 0.05) is 31.1 Å². The number of likely N-dealkylation sites (tertiary alicyclic amines) is 1. The summed E-state index contributed by atoms with van der Waals surface area (Å²) in [5.41, 5.74) is 5.99. The average Bonchev–Trinajstić information content (AvgIpc) is 2.65. The molecule has 26 heavy (non-hydrogen) atoms. The first-order valence-electron chi connectivity index (χ1n) is 8.80. The molecule has 1 fully saturated rings. The molecule has 2 atom stereocenters. The number of methoxy groups -OCH3 is 2. The van der Waals surface area contributed by atoms with Gasteiger partial charge in [-0.1, -0.05) is 0 Å². The number of benzene rings is 1. The van der Waals surface area contributed by atoms with Gasteiger partial charge in [-0.3, -0.25) is 4.79 Å². The van der Waals surface area contributed by atoms with Crippen molar-refractivity contribution in [2.75, 3.05) is 26.5 Å². The van der Waals surface area contributed by atoms with Gasteiger partial charge in [0.15, 0.2) is 21.3 Å². The zero-order valence-electron chi connectivity index (χ0n) is 15.6. The highest BCUT2D eigenvalue weighted by Crippen LogP contribution is 2.30. The van der Waals surface area contributed by atoms with Gasteiger partial charge < -0.3 is 20.1 Å². The summed E-state index contributed by atoms with van der Waals surface area (Å²) >= 11 is 0. The molecule has 7 nitrogen and oxygen atoms in total. The number of nitrogens with two attached hydrogens (primary N) is 1. The summed E-state index contributed by atoms with van der Waals surface area (Å²) in [6.07, 6.45) is 2.78. The maximum atomic E-state index is 12.6. The Morgan fingerprint density at radius 2 is 1.96 bits per heavy atom. The van der Waals surface area contributed by atoms with Gasteiger partial charge in [-0.2, -0.15) is 0 Å². The van der Waals surface area contributed by atoms with Crippen LogP contribution in [0.25, 0.3) is 0 Å².